The van der Waals surface area contributed by atoms with Gasteiger partial charge in [-0.1, -0.05) is 0 Å². The van der Waals surface area contributed by atoms with Crippen molar-refractivity contribution in [3.8, 4) is 17.6 Å². The van der Waals surface area contributed by atoms with Gasteiger partial charge in [0, 0.05) is 10.5 Å². The van der Waals surface area contributed by atoms with E-state index >= 15 is 0 Å². The van der Waals surface area contributed by atoms with Crippen molar-refractivity contribution in [2.45, 2.75) is 30.2 Å². The quantitative estimate of drug-likeness (QED) is 0.808. The molecule has 0 radical (unpaired) electrons. The number of methoxy groups -OCH3 is 2. The molecule has 1 N–H and O–H groups in total. The smallest absolute Gasteiger partial charge is 0.243 e. The number of halogens is 1. The molecule has 0 heterocycles. The van der Waals surface area contributed by atoms with Crippen molar-refractivity contribution in [2.24, 2.45) is 5.92 Å². The zero-order chi connectivity index (χ0) is 16.5. The van der Waals surface area contributed by atoms with Gasteiger partial charge in [0.1, 0.15) is 10.4 Å². The number of ether oxygens (including phenoxy) is 2. The number of nitrogens with one attached hydrogen (secondary N) is 1. The van der Waals surface area contributed by atoms with E-state index in [-0.39, 0.29) is 10.8 Å². The molecule has 22 heavy (non-hydrogen) atoms. The molecule has 0 saturated heterocycles. The van der Waals surface area contributed by atoms with Crippen molar-refractivity contribution in [2.75, 3.05) is 14.2 Å². The Bertz CT molecular complexity index is 725. The topological polar surface area (TPSA) is 88.4 Å². The van der Waals surface area contributed by atoms with Crippen LogP contribution in [0, 0.1) is 17.2 Å². The third kappa shape index (κ3) is 3.21. The summed E-state index contributed by atoms with van der Waals surface area (Å²) in [5.41, 5.74) is -1.11. The maximum absolute atomic E-state index is 12.6. The van der Waals surface area contributed by atoms with Crippen LogP contribution in [0.25, 0.3) is 0 Å². The van der Waals surface area contributed by atoms with Crippen LogP contribution in [0.2, 0.25) is 0 Å². The SMILES string of the molecule is COc1cc(Br)c(S(=O)(=O)N[C@@](C)(C#N)C2CC2)cc1OC. The standard InChI is InChI=1S/C14H17BrN2O4S/c1-14(8-16,9-4-5-9)17-22(18,19)13-7-12(21-3)11(20-2)6-10(13)15/h6-7,9,17H,4-5H2,1-3H3/t14-/m0/s1. The minimum absolute atomic E-state index is 0.00674. The molecule has 0 amide bonds. The van der Waals surface area contributed by atoms with Gasteiger partial charge in [-0.25, -0.2) is 8.42 Å². The van der Waals surface area contributed by atoms with Gasteiger partial charge in [-0.15, -0.1) is 0 Å². The number of benzene rings is 1. The van der Waals surface area contributed by atoms with E-state index in [2.05, 4.69) is 26.7 Å². The van der Waals surface area contributed by atoms with Crippen molar-refractivity contribution in [3.63, 3.8) is 0 Å². The van der Waals surface area contributed by atoms with Gasteiger partial charge in [-0.05, 0) is 47.7 Å². The Morgan fingerprint density at radius 2 is 1.86 bits per heavy atom. The average molecular weight is 389 g/mol. The molecule has 1 aliphatic rings. The fraction of sp³-hybridized carbons (Fsp3) is 0.500. The lowest BCUT2D eigenvalue weighted by Crippen LogP contribution is -2.46. The van der Waals surface area contributed by atoms with Crippen LogP contribution in [-0.4, -0.2) is 28.2 Å². The largest absolute Gasteiger partial charge is 0.493 e. The molecule has 1 aromatic rings. The second-order valence-electron chi connectivity index (χ2n) is 5.33. The maximum atomic E-state index is 12.6. The lowest BCUT2D eigenvalue weighted by atomic mass is 10.0. The number of nitriles is 1. The summed E-state index contributed by atoms with van der Waals surface area (Å²) in [5.74, 6) is 0.765. The molecule has 6 nitrogen and oxygen atoms in total. The molecule has 1 aliphatic carbocycles. The highest BCUT2D eigenvalue weighted by Gasteiger charge is 2.45. The first kappa shape index (κ1) is 17.1. The van der Waals surface area contributed by atoms with E-state index in [0.717, 1.165) is 12.8 Å². The van der Waals surface area contributed by atoms with Gasteiger partial charge in [0.05, 0.1) is 20.3 Å². The van der Waals surface area contributed by atoms with E-state index < -0.39 is 15.6 Å². The summed E-state index contributed by atoms with van der Waals surface area (Å²) in [6, 6.07) is 4.97. The van der Waals surface area contributed by atoms with Crippen LogP contribution >= 0.6 is 15.9 Å². The Balaban J connectivity index is 2.43. The van der Waals surface area contributed by atoms with Crippen molar-refractivity contribution < 1.29 is 17.9 Å². The summed E-state index contributed by atoms with van der Waals surface area (Å²) in [7, 11) is -0.980. The Morgan fingerprint density at radius 3 is 2.32 bits per heavy atom. The second-order valence-corrected chi connectivity index (χ2v) is 7.84. The van der Waals surface area contributed by atoms with E-state index in [0.29, 0.717) is 16.0 Å². The molecular formula is C14H17BrN2O4S. The van der Waals surface area contributed by atoms with Crippen LogP contribution in [0.5, 0.6) is 11.5 Å². The molecular weight excluding hydrogens is 372 g/mol. The Labute approximate surface area is 138 Å². The number of nitrogens with zero attached hydrogens (tertiary/aromatic N) is 1. The van der Waals surface area contributed by atoms with Crippen LogP contribution in [0.1, 0.15) is 19.8 Å². The van der Waals surface area contributed by atoms with Gasteiger partial charge >= 0.3 is 0 Å². The molecule has 1 aromatic carbocycles. The van der Waals surface area contributed by atoms with Crippen molar-refractivity contribution in [1.82, 2.24) is 4.72 Å². The van der Waals surface area contributed by atoms with E-state index in [9.17, 15) is 13.7 Å². The molecule has 1 saturated carbocycles. The predicted octanol–water partition coefficient (Wildman–Crippen LogP) is 2.44. The molecule has 0 aliphatic heterocycles. The Morgan fingerprint density at radius 1 is 1.32 bits per heavy atom. The lowest BCUT2D eigenvalue weighted by molar-refractivity contribution is 0.353. The van der Waals surface area contributed by atoms with Gasteiger partial charge in [0.15, 0.2) is 11.5 Å². The van der Waals surface area contributed by atoms with Crippen molar-refractivity contribution in [1.29, 1.82) is 5.26 Å². The van der Waals surface area contributed by atoms with Gasteiger partial charge in [0.25, 0.3) is 0 Å². The Kier molecular flexibility index (Phi) is 4.70. The highest BCUT2D eigenvalue weighted by Crippen LogP contribution is 2.41. The van der Waals surface area contributed by atoms with Gasteiger partial charge in [0.2, 0.25) is 10.0 Å². The van der Waals surface area contributed by atoms with E-state index in [1.807, 2.05) is 0 Å². The Hall–Kier alpha value is -1.30. The molecule has 1 fully saturated rings. The fourth-order valence-corrected chi connectivity index (χ4v) is 4.65. The molecule has 2 rings (SSSR count). The normalized spacial score (nSPS) is 17.4. The van der Waals surface area contributed by atoms with E-state index in [1.54, 1.807) is 6.92 Å². The average Bonchev–Trinajstić information content (AvgIpc) is 3.31. The van der Waals surface area contributed by atoms with Gasteiger partial charge in [-0.3, -0.25) is 0 Å². The molecule has 0 aromatic heterocycles. The first-order chi connectivity index (χ1) is 10.3. The summed E-state index contributed by atoms with van der Waals surface area (Å²) in [4.78, 5) is 0.00674. The molecule has 0 unspecified atom stereocenters. The van der Waals surface area contributed by atoms with Crippen molar-refractivity contribution in [3.05, 3.63) is 16.6 Å². The van der Waals surface area contributed by atoms with Crippen LogP contribution in [-0.2, 0) is 10.0 Å². The summed E-state index contributed by atoms with van der Waals surface area (Å²) in [5, 5.41) is 9.32. The van der Waals surface area contributed by atoms with Crippen LogP contribution in [0.3, 0.4) is 0 Å². The zero-order valence-electron chi connectivity index (χ0n) is 12.5. The predicted molar refractivity (Wildman–Crippen MR) is 84.3 cm³/mol. The lowest BCUT2D eigenvalue weighted by Gasteiger charge is -2.23. The summed E-state index contributed by atoms with van der Waals surface area (Å²) >= 11 is 3.23. The van der Waals surface area contributed by atoms with Gasteiger partial charge < -0.3 is 9.47 Å². The first-order valence-electron chi connectivity index (χ1n) is 6.64. The molecule has 8 heteroatoms. The molecule has 0 bridgehead atoms. The number of hydrogen-bond donors (Lipinski definition) is 1. The number of rotatable bonds is 6. The monoisotopic (exact) mass is 388 g/mol. The van der Waals surface area contributed by atoms with E-state index in [1.165, 1.54) is 26.4 Å². The third-order valence-corrected chi connectivity index (χ3v) is 6.23. The first-order valence-corrected chi connectivity index (χ1v) is 8.91. The summed E-state index contributed by atoms with van der Waals surface area (Å²) < 4.78 is 38.4. The summed E-state index contributed by atoms with van der Waals surface area (Å²) in [6.07, 6.45) is 1.69. The zero-order valence-corrected chi connectivity index (χ0v) is 14.9. The second kappa shape index (κ2) is 6.07. The number of sulfonamides is 1. The number of hydrogen-bond acceptors (Lipinski definition) is 5. The van der Waals surface area contributed by atoms with Crippen molar-refractivity contribution >= 4 is 26.0 Å². The van der Waals surface area contributed by atoms with Crippen LogP contribution in [0.15, 0.2) is 21.5 Å². The third-order valence-electron chi connectivity index (χ3n) is 3.70. The summed E-state index contributed by atoms with van der Waals surface area (Å²) in [6.45, 7) is 1.61. The highest BCUT2D eigenvalue weighted by atomic mass is 79.9. The van der Waals surface area contributed by atoms with Gasteiger partial charge in [-0.2, -0.15) is 9.98 Å². The minimum Gasteiger partial charge on any atom is -0.493 e. The minimum atomic E-state index is -3.88. The fourth-order valence-electron chi connectivity index (χ4n) is 2.23. The highest BCUT2D eigenvalue weighted by molar-refractivity contribution is 9.10. The molecule has 0 spiro atoms. The van der Waals surface area contributed by atoms with E-state index in [4.69, 9.17) is 9.47 Å². The van der Waals surface area contributed by atoms with Crippen LogP contribution < -0.4 is 14.2 Å². The maximum Gasteiger partial charge on any atom is 0.243 e. The molecule has 1 atom stereocenters. The molecule has 120 valence electrons. The van der Waals surface area contributed by atoms with Crippen LogP contribution in [0.4, 0.5) is 0 Å².